The van der Waals surface area contributed by atoms with Crippen LogP contribution in [0.5, 0.6) is 0 Å². The number of hydrogen-bond donors (Lipinski definition) is 1. The van der Waals surface area contributed by atoms with Crippen molar-refractivity contribution in [2.75, 3.05) is 0 Å². The zero-order chi connectivity index (χ0) is 14.9. The summed E-state index contributed by atoms with van der Waals surface area (Å²) < 4.78 is 2.26. The van der Waals surface area contributed by atoms with E-state index in [1.54, 1.807) is 0 Å². The van der Waals surface area contributed by atoms with Crippen LogP contribution in [0.2, 0.25) is 0 Å². The first-order valence-corrected chi connectivity index (χ1v) is 8.11. The van der Waals surface area contributed by atoms with Gasteiger partial charge in [0.05, 0.1) is 0 Å². The number of unbranched alkanes of at least 4 members (excludes halogenated alkanes) is 4. The molecule has 0 aliphatic heterocycles. The van der Waals surface area contributed by atoms with Crippen LogP contribution >= 0.6 is 0 Å². The lowest BCUT2D eigenvalue weighted by atomic mass is 10.0. The van der Waals surface area contributed by atoms with Crippen molar-refractivity contribution in [1.29, 1.82) is 0 Å². The van der Waals surface area contributed by atoms with E-state index in [1.165, 1.54) is 37.7 Å². The van der Waals surface area contributed by atoms with Crippen molar-refractivity contribution in [3.8, 4) is 0 Å². The first-order valence-electron chi connectivity index (χ1n) is 8.11. The summed E-state index contributed by atoms with van der Waals surface area (Å²) in [6.07, 6.45) is 11.3. The fourth-order valence-corrected chi connectivity index (χ4v) is 2.63. The Balaban J connectivity index is 1.85. The Bertz CT molecular complexity index is 504. The molecule has 114 valence electrons. The van der Waals surface area contributed by atoms with Crippen LogP contribution < -0.4 is 5.73 Å². The zero-order valence-corrected chi connectivity index (χ0v) is 13.0. The van der Waals surface area contributed by atoms with Gasteiger partial charge in [-0.15, -0.1) is 0 Å². The van der Waals surface area contributed by atoms with Crippen molar-refractivity contribution in [2.24, 2.45) is 5.73 Å². The topological polar surface area (TPSA) is 43.8 Å². The molecule has 21 heavy (non-hydrogen) atoms. The highest BCUT2D eigenvalue weighted by Gasteiger charge is 2.10. The van der Waals surface area contributed by atoms with Crippen LogP contribution in [0.3, 0.4) is 0 Å². The number of aromatic nitrogens is 2. The summed E-state index contributed by atoms with van der Waals surface area (Å²) in [7, 11) is 0. The van der Waals surface area contributed by atoms with Crippen LogP contribution in [-0.4, -0.2) is 9.55 Å². The SMILES string of the molecule is CCCCCCCn1ccnc1C[C@H](N)c1ccccc1. The van der Waals surface area contributed by atoms with Crippen LogP contribution in [0.25, 0.3) is 0 Å². The van der Waals surface area contributed by atoms with E-state index in [0.29, 0.717) is 0 Å². The molecule has 0 aliphatic rings. The van der Waals surface area contributed by atoms with Crippen LogP contribution in [-0.2, 0) is 13.0 Å². The molecule has 0 amide bonds. The number of nitrogens with zero attached hydrogens (tertiary/aromatic N) is 2. The molecule has 0 fully saturated rings. The van der Waals surface area contributed by atoms with Gasteiger partial charge in [0.25, 0.3) is 0 Å². The minimum atomic E-state index is 0.0208. The summed E-state index contributed by atoms with van der Waals surface area (Å²) in [5, 5.41) is 0. The fourth-order valence-electron chi connectivity index (χ4n) is 2.63. The molecule has 0 bridgehead atoms. The summed E-state index contributed by atoms with van der Waals surface area (Å²) in [5.74, 6) is 1.10. The van der Waals surface area contributed by atoms with Gasteiger partial charge in [-0.2, -0.15) is 0 Å². The van der Waals surface area contributed by atoms with Crippen LogP contribution in [0, 0.1) is 0 Å². The lowest BCUT2D eigenvalue weighted by Crippen LogP contribution is -2.16. The van der Waals surface area contributed by atoms with Gasteiger partial charge in [-0.25, -0.2) is 4.98 Å². The Hall–Kier alpha value is -1.61. The number of imidazole rings is 1. The Morgan fingerprint density at radius 1 is 1.10 bits per heavy atom. The third-order valence-electron chi connectivity index (χ3n) is 3.93. The highest BCUT2D eigenvalue weighted by atomic mass is 15.1. The smallest absolute Gasteiger partial charge is 0.110 e. The number of rotatable bonds is 9. The molecule has 0 saturated carbocycles. The Labute approximate surface area is 128 Å². The van der Waals surface area contributed by atoms with Gasteiger partial charge < -0.3 is 10.3 Å². The molecule has 2 N–H and O–H groups in total. The van der Waals surface area contributed by atoms with Gasteiger partial charge in [0, 0.05) is 31.4 Å². The van der Waals surface area contributed by atoms with Gasteiger partial charge in [0.1, 0.15) is 5.82 Å². The third kappa shape index (κ3) is 5.01. The molecule has 2 rings (SSSR count). The average Bonchev–Trinajstić information content (AvgIpc) is 2.95. The van der Waals surface area contributed by atoms with Gasteiger partial charge >= 0.3 is 0 Å². The fraction of sp³-hybridized carbons (Fsp3) is 0.500. The number of aryl methyl sites for hydroxylation is 1. The molecule has 3 heteroatoms. The van der Waals surface area contributed by atoms with E-state index in [0.717, 1.165) is 18.8 Å². The minimum absolute atomic E-state index is 0.0208. The predicted octanol–water partition coefficient (Wildman–Crippen LogP) is 4.10. The Kier molecular flexibility index (Phi) is 6.48. The summed E-state index contributed by atoms with van der Waals surface area (Å²) in [5.41, 5.74) is 7.47. The standard InChI is InChI=1S/C18H27N3/c1-2-3-4-5-9-13-21-14-12-20-18(21)15-17(19)16-10-7-6-8-11-16/h6-8,10-12,14,17H,2-5,9,13,15,19H2,1H3/t17-/m0/s1. The number of hydrogen-bond acceptors (Lipinski definition) is 2. The largest absolute Gasteiger partial charge is 0.335 e. The lowest BCUT2D eigenvalue weighted by Gasteiger charge is -2.13. The average molecular weight is 285 g/mol. The normalized spacial score (nSPS) is 12.5. The van der Waals surface area contributed by atoms with E-state index in [9.17, 15) is 0 Å². The van der Waals surface area contributed by atoms with Crippen LogP contribution in [0.15, 0.2) is 42.7 Å². The molecule has 1 atom stereocenters. The predicted molar refractivity (Wildman–Crippen MR) is 88.1 cm³/mol. The van der Waals surface area contributed by atoms with Crippen molar-refractivity contribution in [1.82, 2.24) is 9.55 Å². The molecule has 1 aromatic carbocycles. The first kappa shape index (κ1) is 15.8. The number of benzene rings is 1. The maximum Gasteiger partial charge on any atom is 0.110 e. The van der Waals surface area contributed by atoms with E-state index in [2.05, 4.69) is 34.8 Å². The molecule has 0 spiro atoms. The summed E-state index contributed by atoms with van der Waals surface area (Å²) in [4.78, 5) is 4.48. The highest BCUT2D eigenvalue weighted by Crippen LogP contribution is 2.15. The van der Waals surface area contributed by atoms with Gasteiger partial charge in [0.15, 0.2) is 0 Å². The van der Waals surface area contributed by atoms with Gasteiger partial charge in [-0.1, -0.05) is 62.9 Å². The van der Waals surface area contributed by atoms with Crippen molar-refractivity contribution < 1.29 is 0 Å². The van der Waals surface area contributed by atoms with E-state index in [-0.39, 0.29) is 6.04 Å². The minimum Gasteiger partial charge on any atom is -0.335 e. The Morgan fingerprint density at radius 3 is 2.62 bits per heavy atom. The second kappa shape index (κ2) is 8.63. The molecule has 0 saturated heterocycles. The maximum atomic E-state index is 6.30. The molecule has 0 radical (unpaired) electrons. The second-order valence-electron chi connectivity index (χ2n) is 5.67. The van der Waals surface area contributed by atoms with E-state index in [4.69, 9.17) is 5.73 Å². The zero-order valence-electron chi connectivity index (χ0n) is 13.0. The van der Waals surface area contributed by atoms with E-state index >= 15 is 0 Å². The molecular formula is C18H27N3. The molecule has 3 nitrogen and oxygen atoms in total. The van der Waals surface area contributed by atoms with Gasteiger partial charge in [-0.3, -0.25) is 0 Å². The molecule has 0 unspecified atom stereocenters. The summed E-state index contributed by atoms with van der Waals surface area (Å²) >= 11 is 0. The first-order chi connectivity index (χ1) is 10.3. The van der Waals surface area contributed by atoms with Crippen LogP contribution in [0.4, 0.5) is 0 Å². The van der Waals surface area contributed by atoms with Crippen molar-refractivity contribution in [3.05, 3.63) is 54.1 Å². The molecular weight excluding hydrogens is 258 g/mol. The third-order valence-corrected chi connectivity index (χ3v) is 3.93. The monoisotopic (exact) mass is 285 g/mol. The van der Waals surface area contributed by atoms with E-state index < -0.39 is 0 Å². The summed E-state index contributed by atoms with van der Waals surface area (Å²) in [6.45, 7) is 3.31. The number of nitrogens with two attached hydrogens (primary N) is 1. The second-order valence-corrected chi connectivity index (χ2v) is 5.67. The highest BCUT2D eigenvalue weighted by molar-refractivity contribution is 5.19. The van der Waals surface area contributed by atoms with Crippen LogP contribution in [0.1, 0.15) is 56.5 Å². The van der Waals surface area contributed by atoms with E-state index in [1.807, 2.05) is 24.4 Å². The summed E-state index contributed by atoms with van der Waals surface area (Å²) in [6, 6.07) is 10.3. The van der Waals surface area contributed by atoms with Gasteiger partial charge in [-0.05, 0) is 12.0 Å². The lowest BCUT2D eigenvalue weighted by molar-refractivity contribution is 0.542. The van der Waals surface area contributed by atoms with Crippen molar-refractivity contribution in [2.45, 2.75) is 58.0 Å². The maximum absolute atomic E-state index is 6.30. The molecule has 1 heterocycles. The quantitative estimate of drug-likeness (QED) is 0.705. The molecule has 1 aromatic heterocycles. The molecule has 0 aliphatic carbocycles. The molecule has 2 aromatic rings. The van der Waals surface area contributed by atoms with Gasteiger partial charge in [0.2, 0.25) is 0 Å². The van der Waals surface area contributed by atoms with Crippen molar-refractivity contribution >= 4 is 0 Å². The Morgan fingerprint density at radius 2 is 1.86 bits per heavy atom. The van der Waals surface area contributed by atoms with Crippen molar-refractivity contribution in [3.63, 3.8) is 0 Å².